The molecule has 9 heteroatoms. The Kier molecular flexibility index (Phi) is 7.39. The fraction of sp³-hybridized carbons (Fsp3) is 0.375. The van der Waals surface area contributed by atoms with Crippen molar-refractivity contribution in [3.63, 3.8) is 0 Å². The van der Waals surface area contributed by atoms with Gasteiger partial charge in [0.25, 0.3) is 5.91 Å². The maximum Gasteiger partial charge on any atom is 0.329 e. The second-order valence-electron chi connectivity index (χ2n) is 5.20. The lowest BCUT2D eigenvalue weighted by atomic mass is 10.2. The van der Waals surface area contributed by atoms with Crippen molar-refractivity contribution in [2.75, 3.05) is 20.7 Å². The summed E-state index contributed by atoms with van der Waals surface area (Å²) in [6.45, 7) is 3.85. The zero-order valence-electron chi connectivity index (χ0n) is 14.6. The molecule has 1 aromatic carbocycles. The van der Waals surface area contributed by atoms with E-state index < -0.39 is 17.9 Å². The molecule has 0 spiro atoms. The summed E-state index contributed by atoms with van der Waals surface area (Å²) in [6, 6.07) is 4.91. The largest absolute Gasteiger partial charge is 0.490 e. The molecule has 0 aliphatic carbocycles. The summed E-state index contributed by atoms with van der Waals surface area (Å²) in [5, 5.41) is 3.62. The van der Waals surface area contributed by atoms with Crippen molar-refractivity contribution in [1.82, 2.24) is 10.3 Å². The molecule has 0 bridgehead atoms. The molecule has 0 radical (unpaired) electrons. The van der Waals surface area contributed by atoms with Gasteiger partial charge in [-0.1, -0.05) is 0 Å². The summed E-state index contributed by atoms with van der Waals surface area (Å²) in [5.74, 6) is -1.50. The maximum atomic E-state index is 11.9. The molecular formula is C16H22N4O5. The molecule has 0 heterocycles. The molecule has 25 heavy (non-hydrogen) atoms. The van der Waals surface area contributed by atoms with Gasteiger partial charge in [0.05, 0.1) is 12.8 Å². The van der Waals surface area contributed by atoms with Gasteiger partial charge in [-0.2, -0.15) is 5.10 Å². The van der Waals surface area contributed by atoms with Crippen LogP contribution >= 0.6 is 0 Å². The molecule has 0 saturated carbocycles. The number of carbonyl (C=O) groups excluding carboxylic acids is 3. The molecule has 1 atom stereocenters. The normalized spacial score (nSPS) is 11.7. The number of hydrogen-bond acceptors (Lipinski definition) is 6. The number of likely N-dealkylation sites (N-methyl/N-ethyl adjacent to an activating group) is 1. The van der Waals surface area contributed by atoms with E-state index >= 15 is 0 Å². The monoisotopic (exact) mass is 350 g/mol. The predicted molar refractivity (Wildman–Crippen MR) is 91.3 cm³/mol. The Balaban J connectivity index is 2.91. The second-order valence-corrected chi connectivity index (χ2v) is 5.20. The third-order valence-electron chi connectivity index (χ3n) is 2.96. The quantitative estimate of drug-likeness (QED) is 0.403. The number of nitrogens with zero attached hydrogens (tertiary/aromatic N) is 2. The van der Waals surface area contributed by atoms with Crippen molar-refractivity contribution in [3.05, 3.63) is 23.8 Å². The number of hydrazone groups is 1. The third kappa shape index (κ3) is 6.13. The van der Waals surface area contributed by atoms with Crippen molar-refractivity contribution < 1.29 is 23.9 Å². The van der Waals surface area contributed by atoms with Crippen molar-refractivity contribution in [1.29, 1.82) is 0 Å². The first-order valence-corrected chi connectivity index (χ1v) is 7.53. The first kappa shape index (κ1) is 19.9. The topological polar surface area (TPSA) is 123 Å². The fourth-order valence-corrected chi connectivity index (χ4v) is 1.80. The van der Waals surface area contributed by atoms with Gasteiger partial charge < -0.3 is 20.1 Å². The lowest BCUT2D eigenvalue weighted by molar-refractivity contribution is -0.137. The second kappa shape index (κ2) is 9.26. The van der Waals surface area contributed by atoms with Crippen LogP contribution in [0.15, 0.2) is 23.3 Å². The number of hydrogen-bond donors (Lipinski definition) is 2. The number of amides is 3. The molecule has 0 aliphatic rings. The van der Waals surface area contributed by atoms with E-state index in [4.69, 9.17) is 15.2 Å². The van der Waals surface area contributed by atoms with Crippen LogP contribution in [0.25, 0.3) is 0 Å². The zero-order valence-corrected chi connectivity index (χ0v) is 14.6. The molecule has 3 N–H and O–H groups in total. The number of rotatable bonds is 7. The standard InChI is InChI=1S/C16H22N4O5/c1-5-24-13-8-11(9-18-19-15(22)14(17)21)6-7-12(13)25-10(2)16(23)20(3)4/h6-10H,5H2,1-4H3,(H2,17,21)(H,19,22)/b18-9-/t10-/m1/s1. The number of nitrogens with two attached hydrogens (primary N) is 1. The molecule has 0 unspecified atom stereocenters. The van der Waals surface area contributed by atoms with E-state index in [2.05, 4.69) is 5.10 Å². The molecule has 136 valence electrons. The summed E-state index contributed by atoms with van der Waals surface area (Å²) in [6.07, 6.45) is 0.644. The van der Waals surface area contributed by atoms with Crippen LogP contribution in [-0.4, -0.2) is 55.6 Å². The summed E-state index contributed by atoms with van der Waals surface area (Å²) >= 11 is 0. The van der Waals surface area contributed by atoms with Gasteiger partial charge in [0, 0.05) is 14.1 Å². The minimum Gasteiger partial charge on any atom is -0.490 e. The van der Waals surface area contributed by atoms with Crippen LogP contribution in [0.2, 0.25) is 0 Å². The van der Waals surface area contributed by atoms with E-state index in [-0.39, 0.29) is 5.91 Å². The summed E-state index contributed by atoms with van der Waals surface area (Å²) in [4.78, 5) is 35.0. The lowest BCUT2D eigenvalue weighted by Crippen LogP contribution is -2.35. The number of nitrogens with one attached hydrogen (secondary N) is 1. The minimum atomic E-state index is -1.13. The highest BCUT2D eigenvalue weighted by molar-refractivity contribution is 6.34. The van der Waals surface area contributed by atoms with Gasteiger partial charge in [0.1, 0.15) is 0 Å². The molecule has 1 aromatic rings. The summed E-state index contributed by atoms with van der Waals surface area (Å²) < 4.78 is 11.2. The van der Waals surface area contributed by atoms with E-state index in [0.29, 0.717) is 23.7 Å². The van der Waals surface area contributed by atoms with Gasteiger partial charge in [-0.05, 0) is 37.6 Å². The Morgan fingerprint density at radius 1 is 1.32 bits per heavy atom. The zero-order chi connectivity index (χ0) is 19.0. The van der Waals surface area contributed by atoms with Crippen LogP contribution in [0.3, 0.4) is 0 Å². The molecule has 0 saturated heterocycles. The number of primary amides is 1. The summed E-state index contributed by atoms with van der Waals surface area (Å²) in [5.41, 5.74) is 7.38. The van der Waals surface area contributed by atoms with Crippen LogP contribution in [0, 0.1) is 0 Å². The Labute approximate surface area is 145 Å². The van der Waals surface area contributed by atoms with Gasteiger partial charge >= 0.3 is 11.8 Å². The molecular weight excluding hydrogens is 328 g/mol. The molecule has 0 aliphatic heterocycles. The van der Waals surface area contributed by atoms with Crippen LogP contribution in [-0.2, 0) is 14.4 Å². The van der Waals surface area contributed by atoms with Gasteiger partial charge in [0.2, 0.25) is 0 Å². The highest BCUT2D eigenvalue weighted by Crippen LogP contribution is 2.29. The van der Waals surface area contributed by atoms with Gasteiger partial charge in [-0.15, -0.1) is 0 Å². The molecule has 0 fully saturated rings. The smallest absolute Gasteiger partial charge is 0.329 e. The highest BCUT2D eigenvalue weighted by atomic mass is 16.5. The van der Waals surface area contributed by atoms with Crippen LogP contribution in [0.1, 0.15) is 19.4 Å². The predicted octanol–water partition coefficient (Wildman–Crippen LogP) is -0.124. The first-order valence-electron chi connectivity index (χ1n) is 7.53. The van der Waals surface area contributed by atoms with Crippen molar-refractivity contribution in [3.8, 4) is 11.5 Å². The minimum absolute atomic E-state index is 0.178. The Morgan fingerprint density at radius 3 is 2.56 bits per heavy atom. The number of benzene rings is 1. The first-order chi connectivity index (χ1) is 11.8. The average Bonchev–Trinajstić information content (AvgIpc) is 2.56. The molecule has 9 nitrogen and oxygen atoms in total. The maximum absolute atomic E-state index is 11.9. The molecule has 0 aromatic heterocycles. The van der Waals surface area contributed by atoms with E-state index in [9.17, 15) is 14.4 Å². The average molecular weight is 350 g/mol. The van der Waals surface area contributed by atoms with Crippen molar-refractivity contribution in [2.24, 2.45) is 10.8 Å². The number of ether oxygens (including phenoxy) is 2. The third-order valence-corrected chi connectivity index (χ3v) is 2.96. The lowest BCUT2D eigenvalue weighted by Gasteiger charge is -2.20. The van der Waals surface area contributed by atoms with Crippen LogP contribution < -0.4 is 20.6 Å². The SMILES string of the molecule is CCOc1cc(/C=N\NC(=O)C(N)=O)ccc1O[C@H](C)C(=O)N(C)C. The van der Waals surface area contributed by atoms with Crippen molar-refractivity contribution >= 4 is 23.9 Å². The van der Waals surface area contributed by atoms with Gasteiger partial charge in [-0.25, -0.2) is 5.43 Å². The van der Waals surface area contributed by atoms with E-state index in [0.717, 1.165) is 0 Å². The van der Waals surface area contributed by atoms with E-state index in [1.807, 2.05) is 12.3 Å². The molecule has 1 rings (SSSR count). The van der Waals surface area contributed by atoms with Crippen LogP contribution in [0.5, 0.6) is 11.5 Å². The van der Waals surface area contributed by atoms with Crippen molar-refractivity contribution in [2.45, 2.75) is 20.0 Å². The Hall–Kier alpha value is -3.10. The van der Waals surface area contributed by atoms with E-state index in [1.54, 1.807) is 39.2 Å². The van der Waals surface area contributed by atoms with Gasteiger partial charge in [-0.3, -0.25) is 14.4 Å². The van der Waals surface area contributed by atoms with Gasteiger partial charge in [0.15, 0.2) is 17.6 Å². The van der Waals surface area contributed by atoms with E-state index in [1.165, 1.54) is 11.1 Å². The Morgan fingerprint density at radius 2 is 2.00 bits per heavy atom. The molecule has 3 amide bonds. The van der Waals surface area contributed by atoms with Crippen LogP contribution in [0.4, 0.5) is 0 Å². The fourth-order valence-electron chi connectivity index (χ4n) is 1.80. The Bertz CT molecular complexity index is 672. The summed E-state index contributed by atoms with van der Waals surface area (Å²) in [7, 11) is 3.29. The number of carbonyl (C=O) groups is 3. The highest BCUT2D eigenvalue weighted by Gasteiger charge is 2.18.